The van der Waals surface area contributed by atoms with Crippen molar-refractivity contribution < 1.29 is 9.21 Å². The first-order chi connectivity index (χ1) is 10.7. The van der Waals surface area contributed by atoms with Crippen LogP contribution in [0.3, 0.4) is 0 Å². The third-order valence-electron chi connectivity index (χ3n) is 2.83. The van der Waals surface area contributed by atoms with Crippen molar-refractivity contribution in [2.45, 2.75) is 13.3 Å². The van der Waals surface area contributed by atoms with Crippen LogP contribution in [-0.2, 0) is 4.79 Å². The molecule has 0 bridgehead atoms. The Hall–Kier alpha value is -2.48. The summed E-state index contributed by atoms with van der Waals surface area (Å²) in [5.74, 6) is 1.67. The molecule has 8 heteroatoms. The van der Waals surface area contributed by atoms with Gasteiger partial charge in [-0.1, -0.05) is 6.92 Å². The van der Waals surface area contributed by atoms with Crippen LogP contribution in [-0.4, -0.2) is 25.7 Å². The lowest BCUT2D eigenvalue weighted by Gasteiger charge is -2.07. The summed E-state index contributed by atoms with van der Waals surface area (Å²) in [6, 6.07) is 6.94. The summed E-state index contributed by atoms with van der Waals surface area (Å²) in [5, 5.41) is 6.87. The van der Waals surface area contributed by atoms with Gasteiger partial charge in [-0.2, -0.15) is 5.10 Å². The molecule has 3 aromatic heterocycles. The molecule has 7 nitrogen and oxygen atoms in total. The van der Waals surface area contributed by atoms with Gasteiger partial charge in [0, 0.05) is 24.9 Å². The highest BCUT2D eigenvalue weighted by Gasteiger charge is 2.13. The second-order valence-corrected chi connectivity index (χ2v) is 5.17. The zero-order valence-electron chi connectivity index (χ0n) is 11.7. The van der Waals surface area contributed by atoms with Crippen molar-refractivity contribution in [1.29, 1.82) is 0 Å². The number of nitrogens with zero attached hydrogens (tertiary/aromatic N) is 4. The molecular formula is C14H12BrN5O2. The van der Waals surface area contributed by atoms with E-state index in [0.29, 0.717) is 34.3 Å². The van der Waals surface area contributed by atoms with Gasteiger partial charge in [-0.05, 0) is 34.1 Å². The van der Waals surface area contributed by atoms with Crippen molar-refractivity contribution in [2.24, 2.45) is 0 Å². The Morgan fingerprint density at radius 3 is 2.91 bits per heavy atom. The molecule has 1 N–H and O–H groups in total. The minimum absolute atomic E-state index is 0.128. The molecule has 0 fully saturated rings. The van der Waals surface area contributed by atoms with E-state index >= 15 is 0 Å². The normalized spacial score (nSPS) is 10.6. The fraction of sp³-hybridized carbons (Fsp3) is 0.143. The van der Waals surface area contributed by atoms with E-state index in [-0.39, 0.29) is 5.91 Å². The molecule has 0 aromatic carbocycles. The number of rotatable bonds is 4. The van der Waals surface area contributed by atoms with E-state index in [4.69, 9.17) is 4.42 Å². The number of aromatic nitrogens is 4. The lowest BCUT2D eigenvalue weighted by molar-refractivity contribution is -0.115. The standard InChI is InChI=1S/C14H12BrN5O2/c1-2-13(21)17-11-8-12(20-7-3-6-16-20)19-14(18-11)9-4-5-10(15)22-9/h3-8H,2H2,1H3,(H,17,18,19,21). The summed E-state index contributed by atoms with van der Waals surface area (Å²) < 4.78 is 7.64. The first-order valence-electron chi connectivity index (χ1n) is 6.60. The third-order valence-corrected chi connectivity index (χ3v) is 3.26. The average Bonchev–Trinajstić information content (AvgIpc) is 3.18. The van der Waals surface area contributed by atoms with Gasteiger partial charge in [0.25, 0.3) is 0 Å². The van der Waals surface area contributed by atoms with Crippen LogP contribution in [0.1, 0.15) is 13.3 Å². The summed E-state index contributed by atoms with van der Waals surface area (Å²) in [6.45, 7) is 1.77. The monoisotopic (exact) mass is 361 g/mol. The number of furan rings is 1. The quantitative estimate of drug-likeness (QED) is 0.771. The Morgan fingerprint density at radius 1 is 1.41 bits per heavy atom. The second kappa shape index (κ2) is 6.10. The smallest absolute Gasteiger partial charge is 0.225 e. The number of halogens is 1. The van der Waals surface area contributed by atoms with Crippen LogP contribution in [0.4, 0.5) is 5.82 Å². The van der Waals surface area contributed by atoms with Crippen molar-refractivity contribution in [3.05, 3.63) is 41.3 Å². The molecule has 0 atom stereocenters. The SMILES string of the molecule is CCC(=O)Nc1cc(-n2cccn2)nc(-c2ccc(Br)o2)n1. The van der Waals surface area contributed by atoms with Gasteiger partial charge in [0.15, 0.2) is 22.1 Å². The van der Waals surface area contributed by atoms with Gasteiger partial charge in [0.05, 0.1) is 0 Å². The molecule has 0 spiro atoms. The number of anilines is 1. The zero-order valence-corrected chi connectivity index (χ0v) is 13.2. The highest BCUT2D eigenvalue weighted by molar-refractivity contribution is 9.10. The third kappa shape index (κ3) is 3.06. The van der Waals surface area contributed by atoms with E-state index < -0.39 is 0 Å². The van der Waals surface area contributed by atoms with Gasteiger partial charge in [-0.3, -0.25) is 4.79 Å². The minimum Gasteiger partial charge on any atom is -0.446 e. The summed E-state index contributed by atoms with van der Waals surface area (Å²) >= 11 is 3.25. The van der Waals surface area contributed by atoms with Crippen molar-refractivity contribution in [1.82, 2.24) is 19.7 Å². The van der Waals surface area contributed by atoms with Crippen molar-refractivity contribution >= 4 is 27.7 Å². The molecule has 0 unspecified atom stereocenters. The maximum atomic E-state index is 11.6. The van der Waals surface area contributed by atoms with Gasteiger partial charge in [0.2, 0.25) is 5.91 Å². The fourth-order valence-corrected chi connectivity index (χ4v) is 2.10. The van der Waals surface area contributed by atoms with Crippen LogP contribution < -0.4 is 5.32 Å². The fourth-order valence-electron chi connectivity index (χ4n) is 1.80. The summed E-state index contributed by atoms with van der Waals surface area (Å²) in [7, 11) is 0. The summed E-state index contributed by atoms with van der Waals surface area (Å²) in [6.07, 6.45) is 3.77. The predicted octanol–water partition coefficient (Wildman–Crippen LogP) is 3.03. The lowest BCUT2D eigenvalue weighted by atomic mass is 10.4. The predicted molar refractivity (Wildman–Crippen MR) is 83.5 cm³/mol. The molecule has 0 aliphatic carbocycles. The van der Waals surface area contributed by atoms with Gasteiger partial charge < -0.3 is 9.73 Å². The van der Waals surface area contributed by atoms with Crippen LogP contribution in [0.15, 0.2) is 45.7 Å². The second-order valence-electron chi connectivity index (χ2n) is 4.39. The molecule has 1 amide bonds. The molecular weight excluding hydrogens is 350 g/mol. The molecule has 0 aliphatic rings. The highest BCUT2D eigenvalue weighted by atomic mass is 79.9. The molecule has 3 aromatic rings. The topological polar surface area (TPSA) is 85.8 Å². The largest absolute Gasteiger partial charge is 0.446 e. The van der Waals surface area contributed by atoms with E-state index in [0.717, 1.165) is 0 Å². The van der Waals surface area contributed by atoms with Gasteiger partial charge in [0.1, 0.15) is 5.82 Å². The number of amides is 1. The maximum absolute atomic E-state index is 11.6. The average molecular weight is 362 g/mol. The van der Waals surface area contributed by atoms with E-state index in [9.17, 15) is 4.79 Å². The van der Waals surface area contributed by atoms with E-state index in [2.05, 4.69) is 36.3 Å². The van der Waals surface area contributed by atoms with Crippen molar-refractivity contribution in [2.75, 3.05) is 5.32 Å². The molecule has 22 heavy (non-hydrogen) atoms. The van der Waals surface area contributed by atoms with Gasteiger partial charge in [-0.15, -0.1) is 0 Å². The maximum Gasteiger partial charge on any atom is 0.225 e. The number of nitrogens with one attached hydrogen (secondary N) is 1. The van der Waals surface area contributed by atoms with Crippen LogP contribution in [0, 0.1) is 0 Å². The summed E-state index contributed by atoms with van der Waals surface area (Å²) in [4.78, 5) is 20.3. The first kappa shape index (κ1) is 14.5. The molecule has 0 saturated carbocycles. The van der Waals surface area contributed by atoms with E-state index in [1.807, 2.05) is 0 Å². The van der Waals surface area contributed by atoms with E-state index in [1.165, 1.54) is 0 Å². The first-order valence-corrected chi connectivity index (χ1v) is 7.39. The Labute approximate surface area is 134 Å². The van der Waals surface area contributed by atoms with Gasteiger partial charge in [-0.25, -0.2) is 14.6 Å². The molecule has 3 heterocycles. The molecule has 3 rings (SSSR count). The number of carbonyl (C=O) groups is 1. The minimum atomic E-state index is -0.128. The zero-order chi connectivity index (χ0) is 15.5. The number of carbonyl (C=O) groups excluding carboxylic acids is 1. The van der Waals surface area contributed by atoms with Crippen LogP contribution >= 0.6 is 15.9 Å². The summed E-state index contributed by atoms with van der Waals surface area (Å²) in [5.41, 5.74) is 0. The highest BCUT2D eigenvalue weighted by Crippen LogP contribution is 2.24. The van der Waals surface area contributed by atoms with E-state index in [1.54, 1.807) is 48.3 Å². The molecule has 112 valence electrons. The van der Waals surface area contributed by atoms with Crippen LogP contribution in [0.25, 0.3) is 17.4 Å². The van der Waals surface area contributed by atoms with Crippen molar-refractivity contribution in [3.63, 3.8) is 0 Å². The van der Waals surface area contributed by atoms with Crippen molar-refractivity contribution in [3.8, 4) is 17.4 Å². The number of hydrogen-bond acceptors (Lipinski definition) is 5. The molecule has 0 radical (unpaired) electrons. The Morgan fingerprint density at radius 2 is 2.27 bits per heavy atom. The van der Waals surface area contributed by atoms with Crippen LogP contribution in [0.2, 0.25) is 0 Å². The van der Waals surface area contributed by atoms with Crippen LogP contribution in [0.5, 0.6) is 0 Å². The Bertz CT molecular complexity index is 797. The molecule has 0 saturated heterocycles. The number of hydrogen-bond donors (Lipinski definition) is 1. The Kier molecular flexibility index (Phi) is 4.01. The van der Waals surface area contributed by atoms with Gasteiger partial charge >= 0.3 is 0 Å². The Balaban J connectivity index is 2.07. The molecule has 0 aliphatic heterocycles. The lowest BCUT2D eigenvalue weighted by Crippen LogP contribution is -2.12.